The first-order chi connectivity index (χ1) is 24.8. The van der Waals surface area contributed by atoms with Crippen molar-refractivity contribution in [2.75, 3.05) is 26.2 Å². The SMILES string of the molecule is c1ccc(C(c2ccccc2)N2CC(n3ccc(C4CC4)n3)C2)cc1.c1ccc(C(c2ccccc2)N2CC(n3nccc3C3CC3)C2)cc1. The summed E-state index contributed by atoms with van der Waals surface area (Å²) in [5.41, 5.74) is 8.21. The first-order valence-electron chi connectivity index (χ1n) is 18.5. The maximum atomic E-state index is 4.82. The summed E-state index contributed by atoms with van der Waals surface area (Å²) in [4.78, 5) is 5.14. The summed E-state index contributed by atoms with van der Waals surface area (Å²) >= 11 is 0. The van der Waals surface area contributed by atoms with Gasteiger partial charge >= 0.3 is 0 Å². The zero-order valence-electron chi connectivity index (χ0n) is 28.7. The van der Waals surface area contributed by atoms with Gasteiger partial charge in [-0.05, 0) is 60.1 Å². The second-order valence-corrected chi connectivity index (χ2v) is 14.6. The first-order valence-corrected chi connectivity index (χ1v) is 18.5. The molecule has 4 aliphatic rings. The highest BCUT2D eigenvalue weighted by Crippen LogP contribution is 2.43. The van der Waals surface area contributed by atoms with Gasteiger partial charge in [0, 0.05) is 56.1 Å². The topological polar surface area (TPSA) is 42.1 Å². The van der Waals surface area contributed by atoms with E-state index in [1.807, 2.05) is 6.20 Å². The van der Waals surface area contributed by atoms with Gasteiger partial charge in [-0.1, -0.05) is 121 Å². The lowest BCUT2D eigenvalue weighted by molar-refractivity contribution is 0.0665. The third kappa shape index (κ3) is 6.58. The summed E-state index contributed by atoms with van der Waals surface area (Å²) in [6.45, 7) is 4.24. The Bertz CT molecular complexity index is 1870. The average Bonchev–Trinajstić information content (AvgIpc) is 4.08. The fourth-order valence-electron chi connectivity index (χ4n) is 7.97. The second-order valence-electron chi connectivity index (χ2n) is 14.6. The van der Waals surface area contributed by atoms with Crippen molar-refractivity contribution in [2.24, 2.45) is 0 Å². The van der Waals surface area contributed by atoms with E-state index in [9.17, 15) is 0 Å². The minimum atomic E-state index is 0.331. The molecule has 0 atom stereocenters. The maximum absolute atomic E-state index is 4.82. The van der Waals surface area contributed by atoms with E-state index in [1.165, 1.54) is 59.3 Å². The van der Waals surface area contributed by atoms with Crippen LogP contribution < -0.4 is 0 Å². The minimum absolute atomic E-state index is 0.331. The smallest absolute Gasteiger partial charge is 0.0776 e. The van der Waals surface area contributed by atoms with Gasteiger partial charge in [0.15, 0.2) is 0 Å². The number of aromatic nitrogens is 4. The molecule has 0 unspecified atom stereocenters. The lowest BCUT2D eigenvalue weighted by Crippen LogP contribution is -2.50. The molecular weight excluding hydrogens is 613 g/mol. The van der Waals surface area contributed by atoms with Crippen molar-refractivity contribution in [2.45, 2.75) is 61.7 Å². The van der Waals surface area contributed by atoms with Crippen LogP contribution in [0.1, 0.15) is 95.3 Å². The van der Waals surface area contributed by atoms with Gasteiger partial charge < -0.3 is 0 Å². The summed E-state index contributed by atoms with van der Waals surface area (Å²) in [5, 5.41) is 9.45. The van der Waals surface area contributed by atoms with Crippen LogP contribution in [0, 0.1) is 0 Å². The molecule has 4 aromatic carbocycles. The molecule has 2 aliphatic heterocycles. The number of likely N-dealkylation sites (tertiary alicyclic amines) is 2. The van der Waals surface area contributed by atoms with Gasteiger partial charge in [-0.15, -0.1) is 0 Å². The molecule has 6 aromatic rings. The van der Waals surface area contributed by atoms with Crippen LogP contribution in [0.4, 0.5) is 0 Å². The predicted octanol–water partition coefficient (Wildman–Crippen LogP) is 8.81. The standard InChI is InChI=1S/2C22H23N3/c1-3-7-18(8-4-1)22(19-9-5-2-6-10-19)24-15-20(16-24)25-14-13-21(23-25)17-11-12-17;1-3-7-18(8-4-1)22(19-9-5-2-6-10-19)24-15-20(16-24)25-21(13-14-23-25)17-11-12-17/h2*1-10,13-14,17,20,22H,11-12,15-16H2. The third-order valence-corrected chi connectivity index (χ3v) is 11.0. The molecule has 4 fully saturated rings. The van der Waals surface area contributed by atoms with Crippen LogP contribution in [-0.4, -0.2) is 55.5 Å². The molecule has 2 aromatic heterocycles. The van der Waals surface area contributed by atoms with E-state index in [1.54, 1.807) is 0 Å². The highest BCUT2D eigenvalue weighted by Gasteiger charge is 2.39. The number of benzene rings is 4. The molecule has 0 N–H and O–H groups in total. The van der Waals surface area contributed by atoms with E-state index in [0.29, 0.717) is 24.2 Å². The molecule has 2 saturated carbocycles. The fraction of sp³-hybridized carbons (Fsp3) is 0.318. The average molecular weight is 659 g/mol. The Morgan fingerprint density at radius 3 is 1.36 bits per heavy atom. The highest BCUT2D eigenvalue weighted by molar-refractivity contribution is 5.34. The molecule has 0 radical (unpaired) electrons. The van der Waals surface area contributed by atoms with Crippen molar-refractivity contribution in [3.8, 4) is 0 Å². The van der Waals surface area contributed by atoms with Gasteiger partial charge in [-0.3, -0.25) is 19.2 Å². The van der Waals surface area contributed by atoms with Crippen LogP contribution in [0.5, 0.6) is 0 Å². The Morgan fingerprint density at radius 1 is 0.480 bits per heavy atom. The second kappa shape index (κ2) is 13.9. The summed E-state index contributed by atoms with van der Waals surface area (Å²) in [5.74, 6) is 1.49. The number of nitrogens with zero attached hydrogens (tertiary/aromatic N) is 6. The van der Waals surface area contributed by atoms with Crippen molar-refractivity contribution >= 4 is 0 Å². The lowest BCUT2D eigenvalue weighted by atomic mass is 9.93. The molecular formula is C44H46N6. The Morgan fingerprint density at radius 2 is 0.920 bits per heavy atom. The molecule has 50 heavy (non-hydrogen) atoms. The van der Waals surface area contributed by atoms with Crippen molar-refractivity contribution in [3.63, 3.8) is 0 Å². The Balaban J connectivity index is 0.000000135. The van der Waals surface area contributed by atoms with Crippen LogP contribution in [0.25, 0.3) is 0 Å². The summed E-state index contributed by atoms with van der Waals surface area (Å²) in [6.07, 6.45) is 9.45. The molecule has 6 heteroatoms. The van der Waals surface area contributed by atoms with Crippen LogP contribution in [0.3, 0.4) is 0 Å². The Hall–Kier alpha value is -4.78. The number of rotatable bonds is 10. The van der Waals surface area contributed by atoms with Crippen molar-refractivity contribution in [1.82, 2.24) is 29.4 Å². The Labute approximate surface area is 296 Å². The number of hydrogen-bond acceptors (Lipinski definition) is 4. The normalized spacial score (nSPS) is 18.4. The largest absolute Gasteiger partial charge is 0.288 e. The van der Waals surface area contributed by atoms with Crippen molar-refractivity contribution < 1.29 is 0 Å². The van der Waals surface area contributed by atoms with Gasteiger partial charge in [0.25, 0.3) is 0 Å². The van der Waals surface area contributed by atoms with Gasteiger partial charge in [0.2, 0.25) is 0 Å². The molecule has 0 amide bonds. The van der Waals surface area contributed by atoms with Crippen molar-refractivity contribution in [3.05, 3.63) is 179 Å². The van der Waals surface area contributed by atoms with Gasteiger partial charge in [-0.25, -0.2) is 0 Å². The van der Waals surface area contributed by atoms with Crippen LogP contribution in [-0.2, 0) is 0 Å². The van der Waals surface area contributed by atoms with Gasteiger partial charge in [0.05, 0.1) is 29.9 Å². The predicted molar refractivity (Wildman–Crippen MR) is 199 cm³/mol. The zero-order valence-corrected chi connectivity index (χ0v) is 28.7. The Kier molecular flexibility index (Phi) is 8.65. The monoisotopic (exact) mass is 658 g/mol. The molecule has 2 aliphatic carbocycles. The fourth-order valence-corrected chi connectivity index (χ4v) is 7.97. The van der Waals surface area contributed by atoms with E-state index in [0.717, 1.165) is 38.0 Å². The van der Waals surface area contributed by atoms with Crippen LogP contribution >= 0.6 is 0 Å². The minimum Gasteiger partial charge on any atom is -0.288 e. The summed E-state index contributed by atoms with van der Waals surface area (Å²) in [7, 11) is 0. The molecule has 6 nitrogen and oxygen atoms in total. The maximum Gasteiger partial charge on any atom is 0.0776 e. The van der Waals surface area contributed by atoms with E-state index in [-0.39, 0.29) is 0 Å². The van der Waals surface area contributed by atoms with E-state index in [2.05, 4.69) is 164 Å². The van der Waals surface area contributed by atoms with E-state index >= 15 is 0 Å². The number of hydrogen-bond donors (Lipinski definition) is 0. The van der Waals surface area contributed by atoms with Crippen LogP contribution in [0.2, 0.25) is 0 Å². The van der Waals surface area contributed by atoms with Crippen molar-refractivity contribution in [1.29, 1.82) is 0 Å². The molecule has 2 saturated heterocycles. The third-order valence-electron chi connectivity index (χ3n) is 11.0. The summed E-state index contributed by atoms with van der Waals surface area (Å²) in [6, 6.07) is 49.5. The van der Waals surface area contributed by atoms with Gasteiger partial charge in [0.1, 0.15) is 0 Å². The molecule has 0 spiro atoms. The molecule has 10 rings (SSSR count). The molecule has 0 bridgehead atoms. The first kappa shape index (κ1) is 31.2. The molecule has 252 valence electrons. The highest BCUT2D eigenvalue weighted by atomic mass is 15.4. The lowest BCUT2D eigenvalue weighted by Gasteiger charge is -2.45. The van der Waals surface area contributed by atoms with Gasteiger partial charge in [-0.2, -0.15) is 10.2 Å². The van der Waals surface area contributed by atoms with E-state index in [4.69, 9.17) is 5.10 Å². The zero-order chi connectivity index (χ0) is 33.3. The molecule has 4 heterocycles. The van der Waals surface area contributed by atoms with E-state index < -0.39 is 0 Å². The quantitative estimate of drug-likeness (QED) is 0.148. The summed E-state index contributed by atoms with van der Waals surface area (Å²) < 4.78 is 4.48. The van der Waals surface area contributed by atoms with Crippen LogP contribution in [0.15, 0.2) is 146 Å².